The largest absolute Gasteiger partial charge is 0.476 e. The molecule has 0 spiro atoms. The van der Waals surface area contributed by atoms with Gasteiger partial charge in [-0.25, -0.2) is 15.0 Å². The van der Waals surface area contributed by atoms with Crippen LogP contribution in [0.15, 0.2) is 42.6 Å². The molecule has 0 atom stereocenters. The highest BCUT2D eigenvalue weighted by Crippen LogP contribution is 2.20. The van der Waals surface area contributed by atoms with Gasteiger partial charge in [-0.05, 0) is 75.5 Å². The van der Waals surface area contributed by atoms with Crippen molar-refractivity contribution in [2.75, 3.05) is 45.2 Å². The van der Waals surface area contributed by atoms with Crippen LogP contribution in [-0.4, -0.2) is 60.2 Å². The van der Waals surface area contributed by atoms with E-state index in [4.69, 9.17) is 4.74 Å². The molecule has 0 aliphatic heterocycles. The fourth-order valence-electron chi connectivity index (χ4n) is 3.86. The second kappa shape index (κ2) is 14.3. The summed E-state index contributed by atoms with van der Waals surface area (Å²) in [6, 6.07) is 11.8. The fraction of sp³-hybridized carbons (Fsp3) is 0.483. The number of rotatable bonds is 13. The minimum Gasteiger partial charge on any atom is -0.476 e. The number of hydrogen-bond acceptors (Lipinski definition) is 6. The molecule has 0 radical (unpaired) electrons. The molecule has 35 heavy (non-hydrogen) atoms. The zero-order valence-electron chi connectivity index (χ0n) is 21.8. The molecule has 0 aliphatic rings. The van der Waals surface area contributed by atoms with E-state index in [1.165, 1.54) is 38.8 Å². The number of pyridine rings is 1. The Bertz CT molecular complexity index is 1110. The lowest BCUT2D eigenvalue weighted by atomic mass is 10.1. The molecule has 0 saturated carbocycles. The number of fused-ring (bicyclic) bond motifs is 1. The molecule has 0 unspecified atom stereocenters. The van der Waals surface area contributed by atoms with Crippen molar-refractivity contribution < 1.29 is 4.74 Å². The zero-order valence-corrected chi connectivity index (χ0v) is 21.8. The summed E-state index contributed by atoms with van der Waals surface area (Å²) >= 11 is 0. The quantitative estimate of drug-likeness (QED) is 0.240. The summed E-state index contributed by atoms with van der Waals surface area (Å²) in [6.07, 6.45) is 8.80. The van der Waals surface area contributed by atoms with Gasteiger partial charge in [0.1, 0.15) is 5.52 Å². The molecule has 0 aliphatic carbocycles. The minimum atomic E-state index is 0.481. The lowest BCUT2D eigenvalue weighted by molar-refractivity contribution is 0.241. The monoisotopic (exact) mass is 473 g/mol. The van der Waals surface area contributed by atoms with Crippen LogP contribution in [-0.2, 0) is 0 Å². The molecule has 6 heteroatoms. The third kappa shape index (κ3) is 8.22. The summed E-state index contributed by atoms with van der Waals surface area (Å²) in [5, 5.41) is 0. The van der Waals surface area contributed by atoms with E-state index in [1.54, 1.807) is 6.20 Å². The molecule has 2 heterocycles. The Labute approximate surface area is 210 Å². The van der Waals surface area contributed by atoms with Crippen molar-refractivity contribution in [2.24, 2.45) is 0 Å². The van der Waals surface area contributed by atoms with E-state index < -0.39 is 0 Å². The fourth-order valence-corrected chi connectivity index (χ4v) is 3.86. The first-order chi connectivity index (χ1) is 17.1. The van der Waals surface area contributed by atoms with Crippen molar-refractivity contribution in [3.05, 3.63) is 53.9 Å². The van der Waals surface area contributed by atoms with Gasteiger partial charge in [-0.2, -0.15) is 0 Å². The van der Waals surface area contributed by atoms with Crippen LogP contribution in [0.3, 0.4) is 0 Å². The molecule has 0 bridgehead atoms. The first kappa shape index (κ1) is 26.4. The van der Waals surface area contributed by atoms with Gasteiger partial charge in [0.15, 0.2) is 11.3 Å². The molecule has 0 N–H and O–H groups in total. The Kier molecular flexibility index (Phi) is 10.8. The maximum absolute atomic E-state index is 6.12. The highest BCUT2D eigenvalue weighted by Gasteiger charge is 2.10. The molecular formula is C29H39N5O. The van der Waals surface area contributed by atoms with E-state index in [9.17, 15) is 0 Å². The summed E-state index contributed by atoms with van der Waals surface area (Å²) in [5.74, 6) is 6.94. The lowest BCUT2D eigenvalue weighted by Gasteiger charge is -2.21. The number of benzene rings is 1. The third-order valence-corrected chi connectivity index (χ3v) is 5.87. The van der Waals surface area contributed by atoms with Crippen molar-refractivity contribution >= 4 is 16.9 Å². The average Bonchev–Trinajstić information content (AvgIpc) is 2.88. The molecule has 3 aromatic rings. The van der Waals surface area contributed by atoms with Gasteiger partial charge in [-0.15, -0.1) is 0 Å². The van der Waals surface area contributed by atoms with Gasteiger partial charge in [0.25, 0.3) is 0 Å². The van der Waals surface area contributed by atoms with Gasteiger partial charge < -0.3 is 14.5 Å². The number of aromatic nitrogens is 3. The third-order valence-electron chi connectivity index (χ3n) is 5.87. The highest BCUT2D eigenvalue weighted by molar-refractivity contribution is 5.71. The van der Waals surface area contributed by atoms with Gasteiger partial charge in [-0.3, -0.25) is 0 Å². The second-order valence-electron chi connectivity index (χ2n) is 8.99. The Balaban J connectivity index is 1.70. The second-order valence-corrected chi connectivity index (χ2v) is 8.99. The number of para-hydroxylation sites is 1. The normalized spacial score (nSPS) is 10.9. The van der Waals surface area contributed by atoms with Gasteiger partial charge in [-0.1, -0.05) is 44.7 Å². The number of unbranched alkanes of at least 4 members (excludes halogenated alkanes) is 3. The summed E-state index contributed by atoms with van der Waals surface area (Å²) in [7, 11) is 4.03. The molecule has 3 rings (SSSR count). The van der Waals surface area contributed by atoms with Crippen LogP contribution in [0.4, 0.5) is 5.69 Å². The van der Waals surface area contributed by atoms with Crippen molar-refractivity contribution in [3.8, 4) is 17.7 Å². The molecule has 6 nitrogen and oxygen atoms in total. The summed E-state index contributed by atoms with van der Waals surface area (Å²) in [4.78, 5) is 18.4. The lowest BCUT2D eigenvalue weighted by Crippen LogP contribution is -2.27. The molecule has 0 saturated heterocycles. The van der Waals surface area contributed by atoms with Gasteiger partial charge >= 0.3 is 0 Å². The van der Waals surface area contributed by atoms with Crippen molar-refractivity contribution in [1.82, 2.24) is 19.9 Å². The van der Waals surface area contributed by atoms with Crippen molar-refractivity contribution in [3.63, 3.8) is 0 Å². The highest BCUT2D eigenvalue weighted by atomic mass is 16.5. The molecular weight excluding hydrogens is 434 g/mol. The average molecular weight is 474 g/mol. The van der Waals surface area contributed by atoms with Gasteiger partial charge in [0, 0.05) is 25.9 Å². The first-order valence-electron chi connectivity index (χ1n) is 12.9. The van der Waals surface area contributed by atoms with E-state index in [0.29, 0.717) is 29.3 Å². The SMILES string of the molecule is CCCCN(CCCC)CCCCOc1nc2cccnc2nc1C#Cc1ccccc1N(C)C. The van der Waals surface area contributed by atoms with E-state index >= 15 is 0 Å². The standard InChI is InChI=1S/C29H39N5O/c1-5-7-20-34(21-8-6-2)22-11-12-23-35-29-26(31-28-25(32-29)15-13-19-30-28)18-17-24-14-9-10-16-27(24)33(3)4/h9-10,13-16,19H,5-8,11-12,20-23H2,1-4H3. The van der Waals surface area contributed by atoms with Crippen LogP contribution < -0.4 is 9.64 Å². The maximum atomic E-state index is 6.12. The molecule has 0 amide bonds. The Hall–Kier alpha value is -3.17. The van der Waals surface area contributed by atoms with Crippen LogP contribution in [0.25, 0.3) is 11.2 Å². The molecule has 1 aromatic carbocycles. The summed E-state index contributed by atoms with van der Waals surface area (Å²) in [5.41, 5.74) is 3.81. The van der Waals surface area contributed by atoms with Crippen molar-refractivity contribution in [1.29, 1.82) is 0 Å². The number of anilines is 1. The van der Waals surface area contributed by atoms with E-state index in [1.807, 2.05) is 44.4 Å². The number of nitrogens with zero attached hydrogens (tertiary/aromatic N) is 5. The van der Waals surface area contributed by atoms with Crippen LogP contribution in [0.2, 0.25) is 0 Å². The van der Waals surface area contributed by atoms with E-state index in [2.05, 4.69) is 56.5 Å². The van der Waals surface area contributed by atoms with Gasteiger partial charge in [0.2, 0.25) is 5.88 Å². The molecule has 2 aromatic heterocycles. The smallest absolute Gasteiger partial charge is 0.249 e. The first-order valence-corrected chi connectivity index (χ1v) is 12.9. The van der Waals surface area contributed by atoms with Crippen molar-refractivity contribution in [2.45, 2.75) is 52.4 Å². The van der Waals surface area contributed by atoms with Gasteiger partial charge in [0.05, 0.1) is 12.3 Å². The Morgan fingerprint density at radius 2 is 1.57 bits per heavy atom. The number of hydrogen-bond donors (Lipinski definition) is 0. The Morgan fingerprint density at radius 1 is 0.829 bits per heavy atom. The predicted molar refractivity (Wildman–Crippen MR) is 145 cm³/mol. The number of ether oxygens (including phenoxy) is 1. The minimum absolute atomic E-state index is 0.481. The predicted octanol–water partition coefficient (Wildman–Crippen LogP) is 5.55. The van der Waals surface area contributed by atoms with E-state index in [0.717, 1.165) is 30.6 Å². The Morgan fingerprint density at radius 3 is 2.31 bits per heavy atom. The van der Waals surface area contributed by atoms with Crippen LogP contribution >= 0.6 is 0 Å². The topological polar surface area (TPSA) is 54.4 Å². The molecule has 186 valence electrons. The van der Waals surface area contributed by atoms with E-state index in [-0.39, 0.29) is 0 Å². The summed E-state index contributed by atoms with van der Waals surface area (Å²) in [6.45, 7) is 8.60. The van der Waals surface area contributed by atoms with Crippen LogP contribution in [0, 0.1) is 11.8 Å². The maximum Gasteiger partial charge on any atom is 0.249 e. The van der Waals surface area contributed by atoms with Crippen LogP contribution in [0.5, 0.6) is 5.88 Å². The van der Waals surface area contributed by atoms with Crippen LogP contribution in [0.1, 0.15) is 63.6 Å². The zero-order chi connectivity index (χ0) is 24.9. The summed E-state index contributed by atoms with van der Waals surface area (Å²) < 4.78 is 6.12. The molecule has 0 fully saturated rings.